The summed E-state index contributed by atoms with van der Waals surface area (Å²) in [7, 11) is 3.53. The third-order valence-electron chi connectivity index (χ3n) is 7.14. The molecule has 0 unspecified atom stereocenters. The van der Waals surface area contributed by atoms with Crippen molar-refractivity contribution in [3.8, 4) is 0 Å². The second-order valence-corrected chi connectivity index (χ2v) is 10.5. The summed E-state index contributed by atoms with van der Waals surface area (Å²) in [5.41, 5.74) is 4.01. The molecule has 0 fully saturated rings. The minimum atomic E-state index is -0.119. The van der Waals surface area contributed by atoms with E-state index >= 15 is 0 Å². The van der Waals surface area contributed by atoms with Gasteiger partial charge in [0.25, 0.3) is 11.8 Å². The number of carbonyl (C=O) groups is 2. The van der Waals surface area contributed by atoms with E-state index in [-0.39, 0.29) is 53.9 Å². The second-order valence-electron chi connectivity index (χ2n) is 10.5. The number of rotatable bonds is 12. The Balaban J connectivity index is 0.00000218. The number of amides is 2. The van der Waals surface area contributed by atoms with Crippen molar-refractivity contribution in [3.05, 3.63) is 145 Å². The molecule has 2 heterocycles. The molecule has 5 rings (SSSR count). The monoisotopic (exact) mass is 1040 g/mol. The van der Waals surface area contributed by atoms with Crippen LogP contribution in [0.4, 0.5) is 22.7 Å². The Bertz CT molecular complexity index is 1810. The van der Waals surface area contributed by atoms with Crippen molar-refractivity contribution in [2.45, 2.75) is 40.8 Å². The minimum absolute atomic E-state index is 0. The molecule has 270 valence electrons. The molecule has 3 aromatic carbocycles. The zero-order valence-corrected chi connectivity index (χ0v) is 36.5. The average molecular weight is 1040 g/mol. The molecule has 0 N–H and O–H groups in total. The fourth-order valence-electron chi connectivity index (χ4n) is 4.42. The maximum Gasteiger partial charge on any atom is 0.253 e. The normalized spacial score (nSPS) is 10.1. The van der Waals surface area contributed by atoms with Crippen molar-refractivity contribution in [3.63, 3.8) is 0 Å². The van der Waals surface area contributed by atoms with E-state index in [1.54, 1.807) is 72.4 Å². The maximum absolute atomic E-state index is 13.1. The third kappa shape index (κ3) is 15.0. The van der Waals surface area contributed by atoms with Crippen LogP contribution in [0.2, 0.25) is 0 Å². The van der Waals surface area contributed by atoms with Gasteiger partial charge in [0.2, 0.25) is 0 Å². The topological polar surface area (TPSA) is 97.8 Å². The molecule has 52 heavy (non-hydrogen) atoms. The number of aromatic nitrogens is 2. The summed E-state index contributed by atoms with van der Waals surface area (Å²) in [5.74, 6) is -0.233. The number of hydrogen-bond donors (Lipinski definition) is 0. The van der Waals surface area contributed by atoms with Crippen molar-refractivity contribution in [2.75, 3.05) is 27.2 Å². The molecule has 0 atom stereocenters. The largest absolute Gasteiger partial charge is 0.335 e. The Morgan fingerprint density at radius 3 is 1.37 bits per heavy atom. The summed E-state index contributed by atoms with van der Waals surface area (Å²) in [4.78, 5) is 29.4. The van der Waals surface area contributed by atoms with E-state index in [4.69, 9.17) is 0 Å². The first-order chi connectivity index (χ1) is 24.4. The summed E-state index contributed by atoms with van der Waals surface area (Å²) in [5, 5.41) is 17.0. The van der Waals surface area contributed by atoms with Gasteiger partial charge in [-0.3, -0.25) is 9.59 Å². The molecule has 12 heteroatoms. The molecule has 10 nitrogen and oxygen atoms in total. The van der Waals surface area contributed by atoms with E-state index in [1.165, 1.54) is 0 Å². The molecule has 0 radical (unpaired) electrons. The fraction of sp³-hybridized carbons (Fsp3) is 0.250. The molecule has 2 aromatic heterocycles. The smallest absolute Gasteiger partial charge is 0.253 e. The van der Waals surface area contributed by atoms with E-state index in [2.05, 4.69) is 32.6 Å². The van der Waals surface area contributed by atoms with Crippen LogP contribution in [0.15, 0.2) is 142 Å². The first kappa shape index (κ1) is 45.5. The second kappa shape index (κ2) is 25.4. The number of azo groups is 2. The van der Waals surface area contributed by atoms with Crippen LogP contribution < -0.4 is 9.13 Å². The zero-order valence-electron chi connectivity index (χ0n) is 30.6. The number of likely N-dealkylation sites (N-methyl/N-ethyl adjacent to an activating group) is 2. The molecule has 0 aliphatic rings. The molecule has 0 bridgehead atoms. The van der Waals surface area contributed by atoms with Crippen LogP contribution in [-0.4, -0.2) is 48.8 Å². The molecular formula is C40H46N8O2W2. The van der Waals surface area contributed by atoms with E-state index in [0.29, 0.717) is 43.0 Å². The van der Waals surface area contributed by atoms with Crippen molar-refractivity contribution in [1.29, 1.82) is 0 Å². The number of hydrogen-bond acceptors (Lipinski definition) is 6. The SMILES string of the molecule is CC.CC.CN(CC[n+]1ccc(N=Nc2cc[c-]cc2)cc1)C(=O)c1ccc(C(=O)N(C)CC[n+]2cccc(N=Nc3cc[c-]cc3)c2)cc1.[W].[W]. The molecule has 0 aliphatic carbocycles. The summed E-state index contributed by atoms with van der Waals surface area (Å²) >= 11 is 0. The number of nitrogens with zero attached hydrogens (tertiary/aromatic N) is 8. The van der Waals surface area contributed by atoms with Gasteiger partial charge in [-0.2, -0.15) is 51.7 Å². The van der Waals surface area contributed by atoms with E-state index in [1.807, 2.05) is 110 Å². The number of pyridine rings is 2. The van der Waals surface area contributed by atoms with Gasteiger partial charge in [-0.25, -0.2) is 9.13 Å². The summed E-state index contributed by atoms with van der Waals surface area (Å²) in [6.07, 6.45) is 7.64. The molecule has 0 spiro atoms. The summed E-state index contributed by atoms with van der Waals surface area (Å²) in [6.45, 7) is 10.2. The van der Waals surface area contributed by atoms with Gasteiger partial charge in [0, 0.05) is 85.6 Å². The molecule has 0 saturated heterocycles. The Morgan fingerprint density at radius 1 is 0.538 bits per heavy atom. The van der Waals surface area contributed by atoms with Gasteiger partial charge in [-0.1, -0.05) is 27.7 Å². The maximum atomic E-state index is 13.1. The molecule has 5 aromatic rings. The van der Waals surface area contributed by atoms with Crippen LogP contribution in [0, 0.1) is 12.1 Å². The quantitative estimate of drug-likeness (QED) is 0.0715. The van der Waals surface area contributed by atoms with E-state index in [0.717, 1.165) is 17.1 Å². The summed E-state index contributed by atoms with van der Waals surface area (Å²) < 4.78 is 3.96. The zero-order chi connectivity index (χ0) is 36.1. The first-order valence-electron chi connectivity index (χ1n) is 16.8. The van der Waals surface area contributed by atoms with Crippen LogP contribution in [0.3, 0.4) is 0 Å². The van der Waals surface area contributed by atoms with Gasteiger partial charge in [-0.15, -0.1) is 29.4 Å². The van der Waals surface area contributed by atoms with Crippen molar-refractivity contribution >= 4 is 34.6 Å². The Kier molecular flexibility index (Phi) is 22.3. The van der Waals surface area contributed by atoms with Gasteiger partial charge in [0.1, 0.15) is 5.69 Å². The van der Waals surface area contributed by atoms with E-state index < -0.39 is 0 Å². The first-order valence-corrected chi connectivity index (χ1v) is 16.8. The van der Waals surface area contributed by atoms with E-state index in [9.17, 15) is 9.59 Å². The molecule has 0 aliphatic heterocycles. The molecule has 2 amide bonds. The van der Waals surface area contributed by atoms with Gasteiger partial charge in [-0.05, 0) is 41.7 Å². The minimum Gasteiger partial charge on any atom is -0.335 e. The van der Waals surface area contributed by atoms with Crippen LogP contribution in [0.25, 0.3) is 0 Å². The standard InChI is InChI=1S/C36H34N8O2.2C2H6.2W/c1-41(24-26-43-22-19-33(20-23-43)39-37-31-10-5-3-6-11-31)35(45)29-15-17-30(18-16-29)36(46)42(2)25-27-44-21-9-14-34(28-44)40-38-32-12-7-4-8-13-32;2*1-2;;/h5-23,28H,24-27H2,1-2H3;2*1-2H3;;. The van der Waals surface area contributed by atoms with Crippen LogP contribution in [-0.2, 0) is 55.2 Å². The van der Waals surface area contributed by atoms with Crippen LogP contribution in [0.5, 0.6) is 0 Å². The van der Waals surface area contributed by atoms with Gasteiger partial charge in [0.15, 0.2) is 37.9 Å². The Labute approximate surface area is 336 Å². The average Bonchev–Trinajstić information content (AvgIpc) is 3.19. The van der Waals surface area contributed by atoms with Crippen molar-refractivity contribution in [2.24, 2.45) is 20.5 Å². The van der Waals surface area contributed by atoms with Crippen molar-refractivity contribution in [1.82, 2.24) is 9.80 Å². The fourth-order valence-corrected chi connectivity index (χ4v) is 4.42. The molecule has 0 saturated carbocycles. The Morgan fingerprint density at radius 2 is 0.923 bits per heavy atom. The van der Waals surface area contributed by atoms with Gasteiger partial charge in [0.05, 0.1) is 18.8 Å². The molecular weight excluding hydrogens is 992 g/mol. The predicted molar refractivity (Wildman–Crippen MR) is 195 cm³/mol. The number of carbonyl (C=O) groups excluding carboxylic acids is 2. The Hall–Kier alpha value is -4.52. The van der Waals surface area contributed by atoms with Crippen LogP contribution >= 0.6 is 0 Å². The van der Waals surface area contributed by atoms with Gasteiger partial charge < -0.3 is 9.80 Å². The predicted octanol–water partition coefficient (Wildman–Crippen LogP) is 8.28. The number of benzene rings is 3. The third-order valence-corrected chi connectivity index (χ3v) is 7.14. The van der Waals surface area contributed by atoms with Crippen molar-refractivity contribution < 1.29 is 60.9 Å². The van der Waals surface area contributed by atoms with Gasteiger partial charge >= 0.3 is 0 Å². The summed E-state index contributed by atoms with van der Waals surface area (Å²) in [6, 6.07) is 34.8. The van der Waals surface area contributed by atoms with Crippen LogP contribution in [0.1, 0.15) is 48.4 Å².